The predicted octanol–water partition coefficient (Wildman–Crippen LogP) is 1.81. The molecule has 0 radical (unpaired) electrons. The molecule has 7 nitrogen and oxygen atoms in total. The van der Waals surface area contributed by atoms with Crippen molar-refractivity contribution >= 4 is 41.0 Å². The second kappa shape index (κ2) is 4.99. The predicted molar refractivity (Wildman–Crippen MR) is 74.7 cm³/mol. The van der Waals surface area contributed by atoms with E-state index in [1.54, 1.807) is 24.3 Å². The number of nitrogens with two attached hydrogens (primary N) is 1. The third kappa shape index (κ3) is 2.50. The molecule has 2 heterocycles. The highest BCUT2D eigenvalue weighted by Gasteiger charge is 2.08. The summed E-state index contributed by atoms with van der Waals surface area (Å²) >= 11 is 0. The molecule has 0 bridgehead atoms. The highest BCUT2D eigenvalue weighted by Crippen LogP contribution is 2.23. The monoisotopic (exact) mass is 278 g/mol. The van der Waals surface area contributed by atoms with E-state index in [0.29, 0.717) is 22.7 Å². The van der Waals surface area contributed by atoms with Crippen molar-refractivity contribution in [2.75, 3.05) is 11.1 Å². The SMILES string of the molecule is Cl.Nc1nc(Nc2cccc(O)c2)c2[nH]cnc2n1. The fourth-order valence-corrected chi connectivity index (χ4v) is 1.66. The molecular weight excluding hydrogens is 268 g/mol. The molecule has 0 unspecified atom stereocenters. The number of nitrogens with one attached hydrogen (secondary N) is 2. The lowest BCUT2D eigenvalue weighted by Gasteiger charge is -2.07. The van der Waals surface area contributed by atoms with Gasteiger partial charge in [-0.3, -0.25) is 0 Å². The van der Waals surface area contributed by atoms with Crippen LogP contribution in [0.25, 0.3) is 11.2 Å². The molecule has 0 saturated carbocycles. The number of fused-ring (bicyclic) bond motifs is 1. The number of hydrogen-bond acceptors (Lipinski definition) is 6. The van der Waals surface area contributed by atoms with Gasteiger partial charge in [-0.1, -0.05) is 6.07 Å². The van der Waals surface area contributed by atoms with Crippen LogP contribution in [0.15, 0.2) is 30.6 Å². The van der Waals surface area contributed by atoms with Gasteiger partial charge in [-0.05, 0) is 12.1 Å². The Kier molecular flexibility index (Phi) is 3.39. The van der Waals surface area contributed by atoms with Crippen molar-refractivity contribution in [1.82, 2.24) is 19.9 Å². The second-order valence-electron chi connectivity index (χ2n) is 3.71. The van der Waals surface area contributed by atoms with E-state index in [1.807, 2.05) is 0 Å². The maximum Gasteiger partial charge on any atom is 0.224 e. The first-order valence-electron chi connectivity index (χ1n) is 5.25. The molecule has 0 aliphatic heterocycles. The van der Waals surface area contributed by atoms with Gasteiger partial charge in [0.1, 0.15) is 11.3 Å². The minimum atomic E-state index is 0. The zero-order valence-electron chi connectivity index (χ0n) is 9.66. The highest BCUT2D eigenvalue weighted by atomic mass is 35.5. The molecule has 3 aromatic rings. The Hall–Kier alpha value is -2.54. The average molecular weight is 279 g/mol. The fourth-order valence-electron chi connectivity index (χ4n) is 1.66. The van der Waals surface area contributed by atoms with E-state index in [1.165, 1.54) is 6.33 Å². The zero-order chi connectivity index (χ0) is 12.5. The van der Waals surface area contributed by atoms with E-state index in [2.05, 4.69) is 25.3 Å². The standard InChI is InChI=1S/C11H10N6O.ClH/c12-11-16-9-8(13-5-14-9)10(17-11)15-6-2-1-3-7(18)4-6;/h1-5,18H,(H4,12,13,14,15,16,17);1H. The molecule has 0 aliphatic carbocycles. The Morgan fingerprint density at radius 2 is 2.11 bits per heavy atom. The molecule has 0 atom stereocenters. The zero-order valence-corrected chi connectivity index (χ0v) is 10.5. The summed E-state index contributed by atoms with van der Waals surface area (Å²) in [6.45, 7) is 0. The quantitative estimate of drug-likeness (QED) is 0.568. The van der Waals surface area contributed by atoms with Gasteiger partial charge >= 0.3 is 0 Å². The Morgan fingerprint density at radius 1 is 1.26 bits per heavy atom. The number of aromatic hydroxyl groups is 1. The van der Waals surface area contributed by atoms with E-state index >= 15 is 0 Å². The number of nitrogens with zero attached hydrogens (tertiary/aromatic N) is 3. The molecule has 5 N–H and O–H groups in total. The van der Waals surface area contributed by atoms with Crippen molar-refractivity contribution in [1.29, 1.82) is 0 Å². The highest BCUT2D eigenvalue weighted by molar-refractivity contribution is 5.86. The number of rotatable bonds is 2. The Morgan fingerprint density at radius 3 is 2.89 bits per heavy atom. The number of anilines is 3. The third-order valence-electron chi connectivity index (χ3n) is 2.41. The van der Waals surface area contributed by atoms with Crippen LogP contribution in [0.4, 0.5) is 17.5 Å². The summed E-state index contributed by atoms with van der Waals surface area (Å²) in [5.74, 6) is 0.820. The molecule has 98 valence electrons. The number of phenols is 1. The van der Waals surface area contributed by atoms with Crippen molar-refractivity contribution in [2.45, 2.75) is 0 Å². The Bertz CT molecular complexity index is 713. The van der Waals surface area contributed by atoms with E-state index in [4.69, 9.17) is 5.73 Å². The minimum Gasteiger partial charge on any atom is -0.508 e. The molecule has 19 heavy (non-hydrogen) atoms. The molecule has 0 amide bonds. The van der Waals surface area contributed by atoms with Gasteiger partial charge in [0.15, 0.2) is 11.5 Å². The minimum absolute atomic E-state index is 0. The maximum atomic E-state index is 9.40. The van der Waals surface area contributed by atoms with Crippen LogP contribution in [0, 0.1) is 0 Å². The van der Waals surface area contributed by atoms with Gasteiger partial charge in [-0.15, -0.1) is 12.4 Å². The van der Waals surface area contributed by atoms with Crippen molar-refractivity contribution in [3.63, 3.8) is 0 Å². The Balaban J connectivity index is 0.00000133. The lowest BCUT2D eigenvalue weighted by molar-refractivity contribution is 0.475. The summed E-state index contributed by atoms with van der Waals surface area (Å²) in [7, 11) is 0. The topological polar surface area (TPSA) is 113 Å². The van der Waals surface area contributed by atoms with Crippen molar-refractivity contribution in [3.8, 4) is 5.75 Å². The lowest BCUT2D eigenvalue weighted by Crippen LogP contribution is -2.01. The molecule has 0 fully saturated rings. The van der Waals surface area contributed by atoms with Crippen LogP contribution >= 0.6 is 12.4 Å². The summed E-state index contributed by atoms with van der Waals surface area (Å²) < 4.78 is 0. The number of benzene rings is 1. The first kappa shape index (κ1) is 12.9. The molecule has 0 aliphatic rings. The van der Waals surface area contributed by atoms with Crippen LogP contribution in [-0.2, 0) is 0 Å². The van der Waals surface area contributed by atoms with Gasteiger partial charge in [0.25, 0.3) is 0 Å². The number of H-pyrrole nitrogens is 1. The summed E-state index contributed by atoms with van der Waals surface area (Å²) in [5.41, 5.74) is 7.45. The van der Waals surface area contributed by atoms with Gasteiger partial charge in [-0.2, -0.15) is 9.97 Å². The van der Waals surface area contributed by atoms with E-state index < -0.39 is 0 Å². The van der Waals surface area contributed by atoms with Gasteiger partial charge in [0.2, 0.25) is 5.95 Å². The summed E-state index contributed by atoms with van der Waals surface area (Å²) in [6.07, 6.45) is 1.52. The van der Waals surface area contributed by atoms with Gasteiger partial charge in [0, 0.05) is 11.8 Å². The van der Waals surface area contributed by atoms with E-state index in [0.717, 1.165) is 0 Å². The number of hydrogen-bond donors (Lipinski definition) is 4. The third-order valence-corrected chi connectivity index (χ3v) is 2.41. The molecule has 0 saturated heterocycles. The first-order chi connectivity index (χ1) is 8.72. The van der Waals surface area contributed by atoms with Gasteiger partial charge in [0.05, 0.1) is 6.33 Å². The lowest BCUT2D eigenvalue weighted by atomic mass is 10.3. The largest absolute Gasteiger partial charge is 0.508 e. The van der Waals surface area contributed by atoms with Crippen molar-refractivity contribution in [2.24, 2.45) is 0 Å². The summed E-state index contributed by atoms with van der Waals surface area (Å²) in [6, 6.07) is 6.71. The van der Waals surface area contributed by atoms with Crippen LogP contribution in [0.1, 0.15) is 0 Å². The van der Waals surface area contributed by atoms with E-state index in [9.17, 15) is 5.11 Å². The van der Waals surface area contributed by atoms with Crippen LogP contribution in [-0.4, -0.2) is 25.0 Å². The number of phenolic OH excluding ortho intramolecular Hbond substituents is 1. The van der Waals surface area contributed by atoms with Crippen LogP contribution < -0.4 is 11.1 Å². The van der Waals surface area contributed by atoms with Gasteiger partial charge in [-0.25, -0.2) is 4.98 Å². The van der Waals surface area contributed by atoms with Gasteiger partial charge < -0.3 is 21.1 Å². The maximum absolute atomic E-state index is 9.40. The number of nitrogen functional groups attached to an aromatic ring is 1. The van der Waals surface area contributed by atoms with Crippen molar-refractivity contribution in [3.05, 3.63) is 30.6 Å². The molecule has 3 rings (SSSR count). The van der Waals surface area contributed by atoms with Crippen molar-refractivity contribution < 1.29 is 5.11 Å². The van der Waals surface area contributed by atoms with Crippen LogP contribution in [0.2, 0.25) is 0 Å². The van der Waals surface area contributed by atoms with Crippen LogP contribution in [0.3, 0.4) is 0 Å². The smallest absolute Gasteiger partial charge is 0.224 e. The van der Waals surface area contributed by atoms with Crippen LogP contribution in [0.5, 0.6) is 5.75 Å². The molecule has 1 aromatic carbocycles. The fraction of sp³-hybridized carbons (Fsp3) is 0. The normalized spacial score (nSPS) is 10.1. The number of halogens is 1. The summed E-state index contributed by atoms with van der Waals surface area (Å²) in [5, 5.41) is 12.5. The number of aromatic amines is 1. The number of imidazole rings is 1. The Labute approximate surface area is 114 Å². The second-order valence-corrected chi connectivity index (χ2v) is 3.71. The molecular formula is C11H11ClN6O. The molecule has 0 spiro atoms. The summed E-state index contributed by atoms with van der Waals surface area (Å²) in [4.78, 5) is 15.0. The molecule has 2 aromatic heterocycles. The average Bonchev–Trinajstić information content (AvgIpc) is 2.77. The first-order valence-corrected chi connectivity index (χ1v) is 5.25. The molecule has 8 heteroatoms. The number of aromatic nitrogens is 4. The van der Waals surface area contributed by atoms with E-state index in [-0.39, 0.29) is 24.1 Å².